The first-order valence-corrected chi connectivity index (χ1v) is 7.49. The number of thioether (sulfide) groups is 1. The van der Waals surface area contributed by atoms with Crippen LogP contribution in [-0.2, 0) is 0 Å². The van der Waals surface area contributed by atoms with Crippen molar-refractivity contribution >= 4 is 23.5 Å². The zero-order chi connectivity index (χ0) is 14.9. The summed E-state index contributed by atoms with van der Waals surface area (Å²) < 4.78 is 4.95. The Morgan fingerprint density at radius 3 is 2.71 bits per heavy atom. The van der Waals surface area contributed by atoms with E-state index in [9.17, 15) is 4.79 Å². The molecule has 0 saturated carbocycles. The van der Waals surface area contributed by atoms with E-state index in [-0.39, 0.29) is 6.03 Å². The molecule has 5 nitrogen and oxygen atoms in total. The topological polar surface area (TPSA) is 63.2 Å². The van der Waals surface area contributed by atoms with Crippen LogP contribution in [0.3, 0.4) is 0 Å². The maximum atomic E-state index is 11.7. The highest BCUT2D eigenvalue weighted by Crippen LogP contribution is 2.15. The van der Waals surface area contributed by atoms with E-state index >= 15 is 0 Å². The molecule has 0 aliphatic carbocycles. The van der Waals surface area contributed by atoms with Crippen molar-refractivity contribution in [1.29, 1.82) is 0 Å². The largest absolute Gasteiger partial charge is 0.481 e. The molecule has 0 fully saturated rings. The highest BCUT2D eigenvalue weighted by molar-refractivity contribution is 7.99. The van der Waals surface area contributed by atoms with E-state index in [0.29, 0.717) is 18.1 Å². The molecule has 0 saturated heterocycles. The molecule has 2 amide bonds. The van der Waals surface area contributed by atoms with Crippen LogP contribution in [0.5, 0.6) is 5.88 Å². The Balaban J connectivity index is 1.67. The fourth-order valence-corrected chi connectivity index (χ4v) is 2.39. The molecule has 0 spiro atoms. The third-order valence-electron chi connectivity index (χ3n) is 2.60. The first-order chi connectivity index (χ1) is 10.3. The predicted octanol–water partition coefficient (Wildman–Crippen LogP) is 3.00. The summed E-state index contributed by atoms with van der Waals surface area (Å²) >= 11 is 1.70. The lowest BCUT2D eigenvalue weighted by Crippen LogP contribution is -2.30. The third-order valence-corrected chi connectivity index (χ3v) is 3.62. The lowest BCUT2D eigenvalue weighted by atomic mass is 10.4. The second kappa shape index (κ2) is 8.16. The molecular formula is C15H17N3O2S. The number of urea groups is 1. The molecule has 1 heterocycles. The van der Waals surface area contributed by atoms with Crippen molar-refractivity contribution in [2.45, 2.75) is 4.90 Å². The third kappa shape index (κ3) is 5.35. The predicted molar refractivity (Wildman–Crippen MR) is 85.0 cm³/mol. The van der Waals surface area contributed by atoms with E-state index in [4.69, 9.17) is 4.74 Å². The van der Waals surface area contributed by atoms with Gasteiger partial charge in [-0.3, -0.25) is 0 Å². The number of anilines is 1. The van der Waals surface area contributed by atoms with Gasteiger partial charge in [-0.05, 0) is 18.2 Å². The summed E-state index contributed by atoms with van der Waals surface area (Å²) in [6.07, 6.45) is 1.55. The number of pyridine rings is 1. The molecule has 2 N–H and O–H groups in total. The lowest BCUT2D eigenvalue weighted by molar-refractivity contribution is 0.252. The molecule has 110 valence electrons. The standard InChI is InChI=1S/C15H17N3O2S/c1-20-14-8-7-12(11-17-14)18-15(19)16-9-10-21-13-5-3-2-4-6-13/h2-8,11H,9-10H2,1H3,(H2,16,18,19). The van der Waals surface area contributed by atoms with Gasteiger partial charge in [0, 0.05) is 23.3 Å². The van der Waals surface area contributed by atoms with Crippen molar-refractivity contribution in [1.82, 2.24) is 10.3 Å². The van der Waals surface area contributed by atoms with E-state index in [1.54, 1.807) is 37.2 Å². The monoisotopic (exact) mass is 303 g/mol. The molecule has 0 aliphatic rings. The van der Waals surface area contributed by atoms with Crippen molar-refractivity contribution in [3.05, 3.63) is 48.7 Å². The number of aromatic nitrogens is 1. The molecule has 1 aromatic heterocycles. The van der Waals surface area contributed by atoms with Gasteiger partial charge >= 0.3 is 6.03 Å². The Morgan fingerprint density at radius 1 is 1.24 bits per heavy atom. The maximum Gasteiger partial charge on any atom is 0.319 e. The van der Waals surface area contributed by atoms with Crippen molar-refractivity contribution in [2.24, 2.45) is 0 Å². The van der Waals surface area contributed by atoms with Crippen LogP contribution in [0.4, 0.5) is 10.5 Å². The van der Waals surface area contributed by atoms with Gasteiger partial charge in [-0.1, -0.05) is 18.2 Å². The van der Waals surface area contributed by atoms with E-state index in [2.05, 4.69) is 15.6 Å². The number of hydrogen-bond acceptors (Lipinski definition) is 4. The summed E-state index contributed by atoms with van der Waals surface area (Å²) in [6, 6.07) is 13.3. The molecule has 0 radical (unpaired) electrons. The van der Waals surface area contributed by atoms with Gasteiger partial charge in [0.15, 0.2) is 0 Å². The number of amides is 2. The minimum atomic E-state index is -0.240. The van der Waals surface area contributed by atoms with E-state index in [1.165, 1.54) is 4.90 Å². The number of methoxy groups -OCH3 is 1. The normalized spacial score (nSPS) is 9.95. The molecule has 0 bridgehead atoms. The summed E-state index contributed by atoms with van der Waals surface area (Å²) in [6.45, 7) is 0.592. The molecule has 0 atom stereocenters. The van der Waals surface area contributed by atoms with Crippen LogP contribution in [0, 0.1) is 0 Å². The Bertz CT molecular complexity index is 561. The van der Waals surface area contributed by atoms with Crippen LogP contribution >= 0.6 is 11.8 Å². The lowest BCUT2D eigenvalue weighted by Gasteiger charge is -2.07. The highest BCUT2D eigenvalue weighted by atomic mass is 32.2. The molecule has 2 aromatic rings. The molecule has 0 aliphatic heterocycles. The summed E-state index contributed by atoms with van der Waals surface area (Å²) in [4.78, 5) is 16.9. The first kappa shape index (κ1) is 15.2. The number of ether oxygens (including phenoxy) is 1. The molecule has 1 aromatic carbocycles. The minimum Gasteiger partial charge on any atom is -0.481 e. The highest BCUT2D eigenvalue weighted by Gasteiger charge is 2.02. The smallest absolute Gasteiger partial charge is 0.319 e. The SMILES string of the molecule is COc1ccc(NC(=O)NCCSc2ccccc2)cn1. The van der Waals surface area contributed by atoms with Gasteiger partial charge in [0.1, 0.15) is 0 Å². The van der Waals surface area contributed by atoms with Gasteiger partial charge in [0.05, 0.1) is 19.0 Å². The van der Waals surface area contributed by atoms with Crippen molar-refractivity contribution in [2.75, 3.05) is 24.7 Å². The minimum absolute atomic E-state index is 0.240. The fourth-order valence-electron chi connectivity index (χ4n) is 1.60. The van der Waals surface area contributed by atoms with Crippen LogP contribution in [-0.4, -0.2) is 30.4 Å². The molecule has 0 unspecified atom stereocenters. The zero-order valence-electron chi connectivity index (χ0n) is 11.7. The summed E-state index contributed by atoms with van der Waals surface area (Å²) in [5.74, 6) is 1.33. The summed E-state index contributed by atoms with van der Waals surface area (Å²) in [7, 11) is 1.55. The molecule has 21 heavy (non-hydrogen) atoms. The number of carbonyl (C=O) groups is 1. The number of hydrogen-bond donors (Lipinski definition) is 2. The van der Waals surface area contributed by atoms with Crippen molar-refractivity contribution in [3.8, 4) is 5.88 Å². The van der Waals surface area contributed by atoms with Crippen LogP contribution in [0.1, 0.15) is 0 Å². The number of rotatable bonds is 6. The van der Waals surface area contributed by atoms with Crippen LogP contribution < -0.4 is 15.4 Å². The number of nitrogens with zero attached hydrogens (tertiary/aromatic N) is 1. The molecular weight excluding hydrogens is 286 g/mol. The van der Waals surface area contributed by atoms with Gasteiger partial charge in [0.25, 0.3) is 0 Å². The average Bonchev–Trinajstić information content (AvgIpc) is 2.53. The summed E-state index contributed by atoms with van der Waals surface area (Å²) in [5, 5.41) is 5.51. The van der Waals surface area contributed by atoms with Crippen molar-refractivity contribution in [3.63, 3.8) is 0 Å². The molecule has 6 heteroatoms. The van der Waals surface area contributed by atoms with Crippen LogP contribution in [0.15, 0.2) is 53.6 Å². The van der Waals surface area contributed by atoms with Crippen LogP contribution in [0.2, 0.25) is 0 Å². The number of carbonyl (C=O) groups excluding carboxylic acids is 1. The Labute approximate surface area is 128 Å². The van der Waals surface area contributed by atoms with E-state index in [1.807, 2.05) is 30.3 Å². The first-order valence-electron chi connectivity index (χ1n) is 6.50. The van der Waals surface area contributed by atoms with Crippen molar-refractivity contribution < 1.29 is 9.53 Å². The quantitative estimate of drug-likeness (QED) is 0.636. The Morgan fingerprint density at radius 2 is 2.05 bits per heavy atom. The second-order valence-electron chi connectivity index (χ2n) is 4.13. The van der Waals surface area contributed by atoms with Gasteiger partial charge in [-0.2, -0.15) is 0 Å². The Kier molecular flexibility index (Phi) is 5.90. The van der Waals surface area contributed by atoms with E-state index in [0.717, 1.165) is 5.75 Å². The molecule has 2 rings (SSSR count). The van der Waals surface area contributed by atoms with Gasteiger partial charge < -0.3 is 15.4 Å². The average molecular weight is 303 g/mol. The zero-order valence-corrected chi connectivity index (χ0v) is 12.5. The Hall–Kier alpha value is -2.21. The van der Waals surface area contributed by atoms with Gasteiger partial charge in [0.2, 0.25) is 5.88 Å². The van der Waals surface area contributed by atoms with Gasteiger partial charge in [-0.15, -0.1) is 11.8 Å². The van der Waals surface area contributed by atoms with Gasteiger partial charge in [-0.25, -0.2) is 9.78 Å². The van der Waals surface area contributed by atoms with E-state index < -0.39 is 0 Å². The maximum absolute atomic E-state index is 11.7. The number of benzene rings is 1. The van der Waals surface area contributed by atoms with Crippen LogP contribution in [0.25, 0.3) is 0 Å². The second-order valence-corrected chi connectivity index (χ2v) is 5.30. The summed E-state index contributed by atoms with van der Waals surface area (Å²) in [5.41, 5.74) is 0.629. The fraction of sp³-hybridized carbons (Fsp3) is 0.200. The number of nitrogens with one attached hydrogen (secondary N) is 2.